The Morgan fingerprint density at radius 3 is 2.84 bits per heavy atom. The lowest BCUT2D eigenvalue weighted by Crippen LogP contribution is -2.23. The Labute approximate surface area is 120 Å². The number of nitrogens with zero attached hydrogens (tertiary/aromatic N) is 1. The van der Waals surface area contributed by atoms with Crippen LogP contribution in [0.2, 0.25) is 0 Å². The summed E-state index contributed by atoms with van der Waals surface area (Å²) in [6.07, 6.45) is 0. The number of nitro groups is 1. The Kier molecular flexibility index (Phi) is 5.17. The van der Waals surface area contributed by atoms with Crippen molar-refractivity contribution in [3.05, 3.63) is 28.3 Å². The summed E-state index contributed by atoms with van der Waals surface area (Å²) < 4.78 is 0. The van der Waals surface area contributed by atoms with Gasteiger partial charge in [0.05, 0.1) is 4.92 Å². The molecule has 8 heteroatoms. The molecular weight excluding hydrogens is 284 g/mol. The topological polar surface area (TPSA) is 93.2 Å². The smallest absolute Gasteiger partial charge is 0.316 e. The Morgan fingerprint density at radius 2 is 2.21 bits per heavy atom. The van der Waals surface area contributed by atoms with Gasteiger partial charge in [0.2, 0.25) is 0 Å². The predicted octanol–water partition coefficient (Wildman–Crippen LogP) is 2.14. The third-order valence-electron chi connectivity index (χ3n) is 2.78. The fourth-order valence-electron chi connectivity index (χ4n) is 1.88. The molecule has 19 heavy (non-hydrogen) atoms. The van der Waals surface area contributed by atoms with Crippen molar-refractivity contribution >= 4 is 40.6 Å². The highest BCUT2D eigenvalue weighted by Crippen LogP contribution is 2.33. The molecule has 1 aliphatic rings. The fourth-order valence-corrected chi connectivity index (χ4v) is 4.49. The van der Waals surface area contributed by atoms with Crippen LogP contribution in [0.5, 0.6) is 0 Å². The molecule has 1 saturated heterocycles. The molecule has 0 amide bonds. The van der Waals surface area contributed by atoms with E-state index in [4.69, 9.17) is 5.84 Å². The van der Waals surface area contributed by atoms with Gasteiger partial charge in [-0.05, 0) is 12.1 Å². The summed E-state index contributed by atoms with van der Waals surface area (Å²) >= 11 is 3.84. The first-order valence-electron chi connectivity index (χ1n) is 5.89. The van der Waals surface area contributed by atoms with E-state index in [2.05, 4.69) is 10.7 Å². The number of nitro benzene ring substituents is 1. The lowest BCUT2D eigenvalue weighted by molar-refractivity contribution is -0.383. The predicted molar refractivity (Wildman–Crippen MR) is 83.0 cm³/mol. The molecule has 0 bridgehead atoms. The average molecular weight is 300 g/mol. The first-order chi connectivity index (χ1) is 9.22. The highest BCUT2D eigenvalue weighted by molar-refractivity contribution is 8.06. The van der Waals surface area contributed by atoms with Gasteiger partial charge < -0.3 is 10.7 Å². The molecule has 1 heterocycles. The molecule has 104 valence electrons. The molecule has 1 atom stereocenters. The number of nitrogens with one attached hydrogen (secondary N) is 2. The standard InChI is InChI=1S/C11H16N4O2S2/c12-14-10-3-1-2-9(11(10)15(16)17)13-6-8-7-18-4-5-19-8/h1-3,8,13-14H,4-7,12H2. The van der Waals surface area contributed by atoms with E-state index < -0.39 is 4.92 Å². The van der Waals surface area contributed by atoms with Gasteiger partial charge in [0.25, 0.3) is 0 Å². The van der Waals surface area contributed by atoms with Gasteiger partial charge in [0, 0.05) is 29.1 Å². The minimum atomic E-state index is -0.416. The average Bonchev–Trinajstić information content (AvgIpc) is 2.45. The molecule has 1 aromatic carbocycles. The summed E-state index contributed by atoms with van der Waals surface area (Å²) in [5.41, 5.74) is 3.19. The number of para-hydroxylation sites is 1. The number of benzene rings is 1. The van der Waals surface area contributed by atoms with Gasteiger partial charge in [-0.25, -0.2) is 0 Å². The minimum Gasteiger partial charge on any atom is -0.378 e. The summed E-state index contributed by atoms with van der Waals surface area (Å²) in [6, 6.07) is 5.04. The number of thioether (sulfide) groups is 2. The van der Waals surface area contributed by atoms with Crippen molar-refractivity contribution in [3.63, 3.8) is 0 Å². The van der Waals surface area contributed by atoms with Gasteiger partial charge in [0.1, 0.15) is 11.4 Å². The summed E-state index contributed by atoms with van der Waals surface area (Å²) in [6.45, 7) is 0.729. The van der Waals surface area contributed by atoms with Crippen LogP contribution >= 0.6 is 23.5 Å². The van der Waals surface area contributed by atoms with E-state index in [9.17, 15) is 10.1 Å². The van der Waals surface area contributed by atoms with E-state index in [1.807, 2.05) is 23.5 Å². The Hall–Kier alpha value is -1.12. The zero-order valence-electron chi connectivity index (χ0n) is 10.3. The number of anilines is 2. The Bertz CT molecular complexity index is 452. The van der Waals surface area contributed by atoms with E-state index in [-0.39, 0.29) is 5.69 Å². The molecule has 1 fully saturated rings. The van der Waals surface area contributed by atoms with Crippen LogP contribution in [0, 0.1) is 10.1 Å². The maximum Gasteiger partial charge on any atom is 0.316 e. The van der Waals surface area contributed by atoms with Crippen LogP contribution in [-0.4, -0.2) is 34.0 Å². The molecule has 4 N–H and O–H groups in total. The lowest BCUT2D eigenvalue weighted by Gasteiger charge is -2.21. The van der Waals surface area contributed by atoms with E-state index in [1.165, 1.54) is 5.75 Å². The summed E-state index contributed by atoms with van der Waals surface area (Å²) in [5, 5.41) is 14.8. The largest absolute Gasteiger partial charge is 0.378 e. The molecule has 0 aromatic heterocycles. The fraction of sp³-hybridized carbons (Fsp3) is 0.455. The molecule has 0 spiro atoms. The van der Waals surface area contributed by atoms with Crippen LogP contribution in [0.1, 0.15) is 0 Å². The van der Waals surface area contributed by atoms with Crippen molar-refractivity contribution in [1.82, 2.24) is 0 Å². The van der Waals surface area contributed by atoms with Crippen LogP contribution in [0.15, 0.2) is 18.2 Å². The van der Waals surface area contributed by atoms with Crippen molar-refractivity contribution in [1.29, 1.82) is 0 Å². The van der Waals surface area contributed by atoms with Crippen molar-refractivity contribution in [2.45, 2.75) is 5.25 Å². The SMILES string of the molecule is NNc1cccc(NCC2CSCCS2)c1[N+](=O)[O-]. The van der Waals surface area contributed by atoms with E-state index in [0.29, 0.717) is 16.6 Å². The second-order valence-electron chi connectivity index (χ2n) is 4.05. The molecule has 1 aromatic rings. The van der Waals surface area contributed by atoms with Crippen LogP contribution in [0.3, 0.4) is 0 Å². The summed E-state index contributed by atoms with van der Waals surface area (Å²) in [5.74, 6) is 8.72. The first kappa shape index (κ1) is 14.3. The molecule has 1 aliphatic heterocycles. The molecule has 0 radical (unpaired) electrons. The molecule has 6 nitrogen and oxygen atoms in total. The molecule has 0 aliphatic carbocycles. The normalized spacial score (nSPS) is 18.9. The molecule has 1 unspecified atom stereocenters. The highest BCUT2D eigenvalue weighted by atomic mass is 32.2. The Morgan fingerprint density at radius 1 is 1.42 bits per heavy atom. The van der Waals surface area contributed by atoms with Gasteiger partial charge in [0.15, 0.2) is 0 Å². The van der Waals surface area contributed by atoms with Crippen LogP contribution in [0.25, 0.3) is 0 Å². The van der Waals surface area contributed by atoms with Gasteiger partial charge in [-0.1, -0.05) is 6.07 Å². The second kappa shape index (κ2) is 6.88. The highest BCUT2D eigenvalue weighted by Gasteiger charge is 2.20. The summed E-state index contributed by atoms with van der Waals surface area (Å²) in [4.78, 5) is 10.7. The lowest BCUT2D eigenvalue weighted by atomic mass is 10.2. The van der Waals surface area contributed by atoms with Crippen molar-refractivity contribution < 1.29 is 4.92 Å². The third kappa shape index (κ3) is 3.68. The van der Waals surface area contributed by atoms with E-state index in [1.54, 1.807) is 18.2 Å². The van der Waals surface area contributed by atoms with Crippen molar-refractivity contribution in [2.24, 2.45) is 5.84 Å². The number of hydrazine groups is 1. The Balaban J connectivity index is 2.08. The van der Waals surface area contributed by atoms with Crippen molar-refractivity contribution in [2.75, 3.05) is 34.5 Å². The van der Waals surface area contributed by atoms with E-state index in [0.717, 1.165) is 18.1 Å². The van der Waals surface area contributed by atoms with Gasteiger partial charge >= 0.3 is 5.69 Å². The molecular formula is C11H16N4O2S2. The van der Waals surface area contributed by atoms with Crippen LogP contribution in [-0.2, 0) is 0 Å². The number of nitrogens with two attached hydrogens (primary N) is 1. The van der Waals surface area contributed by atoms with Gasteiger partial charge in [-0.2, -0.15) is 23.5 Å². The number of hydrogen-bond acceptors (Lipinski definition) is 7. The quantitative estimate of drug-likeness (QED) is 0.436. The van der Waals surface area contributed by atoms with Crippen LogP contribution in [0.4, 0.5) is 17.1 Å². The maximum absolute atomic E-state index is 11.1. The zero-order valence-corrected chi connectivity index (χ0v) is 11.9. The molecule has 0 saturated carbocycles. The van der Waals surface area contributed by atoms with Gasteiger partial charge in [-0.3, -0.25) is 16.0 Å². The van der Waals surface area contributed by atoms with Gasteiger partial charge in [-0.15, -0.1) is 0 Å². The monoisotopic (exact) mass is 300 g/mol. The van der Waals surface area contributed by atoms with E-state index >= 15 is 0 Å². The van der Waals surface area contributed by atoms with Crippen LogP contribution < -0.4 is 16.6 Å². The summed E-state index contributed by atoms with van der Waals surface area (Å²) in [7, 11) is 0. The maximum atomic E-state index is 11.1. The number of hydrogen-bond donors (Lipinski definition) is 3. The second-order valence-corrected chi connectivity index (χ2v) is 6.61. The zero-order chi connectivity index (χ0) is 13.7. The molecule has 2 rings (SSSR count). The number of nitrogen functional groups attached to an aromatic ring is 1. The minimum absolute atomic E-state index is 0.00142. The number of rotatable bonds is 5. The first-order valence-corrected chi connectivity index (χ1v) is 8.10. The third-order valence-corrected chi connectivity index (χ3v) is 5.62. The van der Waals surface area contributed by atoms with Crippen molar-refractivity contribution in [3.8, 4) is 0 Å².